The summed E-state index contributed by atoms with van der Waals surface area (Å²) in [5.41, 5.74) is 9.38. The minimum Gasteiger partial charge on any atom is -0.436 e. The molecule has 0 saturated heterocycles. The maximum atomic E-state index is 6.17. The van der Waals surface area contributed by atoms with Crippen LogP contribution < -0.4 is 0 Å². The predicted octanol–water partition coefficient (Wildman–Crippen LogP) is 8.58. The van der Waals surface area contributed by atoms with Crippen molar-refractivity contribution in [2.24, 2.45) is 0 Å². The third kappa shape index (κ3) is 3.90. The lowest BCUT2D eigenvalue weighted by Gasteiger charge is -2.01. The van der Waals surface area contributed by atoms with Gasteiger partial charge in [-0.3, -0.25) is 9.97 Å². The number of benzene rings is 4. The molecule has 0 atom stereocenters. The molecule has 0 aliphatic rings. The first-order valence-electron chi connectivity index (χ1n) is 12.9. The molecule has 4 aromatic heterocycles. The number of rotatable bonds is 4. The van der Waals surface area contributed by atoms with Crippen LogP contribution in [-0.4, -0.2) is 19.9 Å². The maximum absolute atomic E-state index is 6.17. The smallest absolute Gasteiger partial charge is 0.227 e. The maximum Gasteiger partial charge on any atom is 0.227 e. The summed E-state index contributed by atoms with van der Waals surface area (Å²) in [5.74, 6) is 1.18. The van der Waals surface area contributed by atoms with Gasteiger partial charge in [-0.05, 0) is 106 Å². The van der Waals surface area contributed by atoms with Gasteiger partial charge in [0, 0.05) is 35.9 Å². The van der Waals surface area contributed by atoms with Crippen LogP contribution in [0.15, 0.2) is 131 Å². The van der Waals surface area contributed by atoms with E-state index in [2.05, 4.69) is 34.2 Å². The average molecular weight is 517 g/mol. The van der Waals surface area contributed by atoms with E-state index < -0.39 is 0 Å². The Balaban J connectivity index is 1.12. The van der Waals surface area contributed by atoms with Crippen molar-refractivity contribution in [1.82, 2.24) is 19.9 Å². The van der Waals surface area contributed by atoms with Crippen LogP contribution in [0.3, 0.4) is 0 Å². The fraction of sp³-hybridized carbons (Fsp3) is 0. The molecule has 0 amide bonds. The van der Waals surface area contributed by atoms with Gasteiger partial charge in [-0.15, -0.1) is 0 Å². The zero-order valence-corrected chi connectivity index (χ0v) is 21.2. The minimum absolute atomic E-state index is 0.589. The van der Waals surface area contributed by atoms with Gasteiger partial charge in [0.15, 0.2) is 11.2 Å². The summed E-state index contributed by atoms with van der Waals surface area (Å²) in [7, 11) is 0. The number of hydrogen-bond acceptors (Lipinski definition) is 6. The zero-order chi connectivity index (χ0) is 26.5. The fourth-order valence-electron chi connectivity index (χ4n) is 5.04. The normalized spacial score (nSPS) is 11.5. The Morgan fingerprint density at radius 2 is 0.725 bits per heavy atom. The van der Waals surface area contributed by atoms with Crippen LogP contribution in [0.25, 0.3) is 78.1 Å². The first-order valence-corrected chi connectivity index (χ1v) is 12.9. The number of pyridine rings is 2. The lowest BCUT2D eigenvalue weighted by Crippen LogP contribution is -1.81. The van der Waals surface area contributed by atoms with Crippen LogP contribution in [0.4, 0.5) is 0 Å². The van der Waals surface area contributed by atoms with Gasteiger partial charge < -0.3 is 8.83 Å². The number of fused-ring (bicyclic) bond motifs is 3. The molecular weight excluding hydrogens is 496 g/mol. The second kappa shape index (κ2) is 8.99. The molecule has 0 aliphatic carbocycles. The Labute approximate surface area is 228 Å². The largest absolute Gasteiger partial charge is 0.436 e. The molecule has 6 nitrogen and oxygen atoms in total. The third-order valence-electron chi connectivity index (χ3n) is 7.14. The molecule has 0 bridgehead atoms. The number of hydrogen-bond donors (Lipinski definition) is 0. The lowest BCUT2D eigenvalue weighted by molar-refractivity contribution is 0.619. The molecule has 0 aliphatic heterocycles. The molecule has 8 rings (SSSR count). The quantitative estimate of drug-likeness (QED) is 0.233. The van der Waals surface area contributed by atoms with Crippen molar-refractivity contribution in [3.63, 3.8) is 0 Å². The van der Waals surface area contributed by atoms with Crippen LogP contribution in [-0.2, 0) is 0 Å². The van der Waals surface area contributed by atoms with E-state index in [1.165, 1.54) is 0 Å². The summed E-state index contributed by atoms with van der Waals surface area (Å²) in [5, 5.41) is 2.03. The van der Waals surface area contributed by atoms with Gasteiger partial charge in [0.25, 0.3) is 0 Å². The van der Waals surface area contributed by atoms with Gasteiger partial charge in [0.05, 0.1) is 0 Å². The van der Waals surface area contributed by atoms with E-state index >= 15 is 0 Å². The first kappa shape index (κ1) is 22.4. The lowest BCUT2D eigenvalue weighted by atomic mass is 10.1. The van der Waals surface area contributed by atoms with Gasteiger partial charge >= 0.3 is 0 Å². The summed E-state index contributed by atoms with van der Waals surface area (Å²) in [6.45, 7) is 0. The molecule has 188 valence electrons. The Morgan fingerprint density at radius 1 is 0.375 bits per heavy atom. The van der Waals surface area contributed by atoms with E-state index in [0.29, 0.717) is 11.8 Å². The SMILES string of the molecule is c1cc(-c2ccc(-c3nc4cc5cc6oc(-c7ccc(-c8ccncc8)cc7)nc6cc5cc4o3)cc2)ccn1. The van der Waals surface area contributed by atoms with Crippen molar-refractivity contribution in [3.8, 4) is 45.2 Å². The summed E-state index contributed by atoms with van der Waals surface area (Å²) in [4.78, 5) is 17.7. The van der Waals surface area contributed by atoms with E-state index in [1.807, 2.05) is 72.8 Å². The summed E-state index contributed by atoms with van der Waals surface area (Å²) in [6, 6.07) is 32.5. The molecule has 0 saturated carbocycles. The van der Waals surface area contributed by atoms with Crippen LogP contribution in [0.5, 0.6) is 0 Å². The Hall–Kier alpha value is -5.62. The van der Waals surface area contributed by atoms with Crippen LogP contribution in [0.1, 0.15) is 0 Å². The summed E-state index contributed by atoms with van der Waals surface area (Å²) < 4.78 is 12.3. The summed E-state index contributed by atoms with van der Waals surface area (Å²) >= 11 is 0. The second-order valence-corrected chi connectivity index (χ2v) is 9.65. The van der Waals surface area contributed by atoms with Crippen LogP contribution in [0, 0.1) is 0 Å². The Morgan fingerprint density at radius 3 is 1.12 bits per heavy atom. The standard InChI is InChI=1S/C34H20N4O2/c1-5-25(6-2-21(1)23-9-13-35-14-10-23)33-37-29-17-27-20-32-30(18-28(27)19-31(29)39-33)38-34(40-32)26-7-3-22(4-8-26)24-11-15-36-16-12-24/h1-20H. The zero-order valence-electron chi connectivity index (χ0n) is 21.2. The average Bonchev–Trinajstić information content (AvgIpc) is 3.63. The molecule has 8 aromatic rings. The van der Waals surface area contributed by atoms with Gasteiger partial charge in [-0.1, -0.05) is 24.3 Å². The Kier molecular flexibility index (Phi) is 5.03. The van der Waals surface area contributed by atoms with E-state index in [4.69, 9.17) is 18.8 Å². The van der Waals surface area contributed by atoms with E-state index in [0.717, 1.165) is 66.4 Å². The minimum atomic E-state index is 0.589. The molecule has 0 unspecified atom stereocenters. The second-order valence-electron chi connectivity index (χ2n) is 9.65. The molecule has 0 N–H and O–H groups in total. The molecule has 0 fully saturated rings. The topological polar surface area (TPSA) is 77.8 Å². The first-order chi connectivity index (χ1) is 19.8. The van der Waals surface area contributed by atoms with E-state index in [1.54, 1.807) is 24.8 Å². The van der Waals surface area contributed by atoms with Crippen molar-refractivity contribution in [3.05, 3.63) is 122 Å². The predicted molar refractivity (Wildman–Crippen MR) is 156 cm³/mol. The van der Waals surface area contributed by atoms with E-state index in [-0.39, 0.29) is 0 Å². The highest BCUT2D eigenvalue weighted by Crippen LogP contribution is 2.33. The van der Waals surface area contributed by atoms with Crippen molar-refractivity contribution in [2.75, 3.05) is 0 Å². The van der Waals surface area contributed by atoms with E-state index in [9.17, 15) is 0 Å². The Bertz CT molecular complexity index is 1910. The van der Waals surface area contributed by atoms with Crippen LogP contribution in [0.2, 0.25) is 0 Å². The van der Waals surface area contributed by atoms with Gasteiger partial charge in [-0.2, -0.15) is 0 Å². The van der Waals surface area contributed by atoms with Crippen molar-refractivity contribution in [2.45, 2.75) is 0 Å². The molecule has 6 heteroatoms. The van der Waals surface area contributed by atoms with Crippen LogP contribution >= 0.6 is 0 Å². The van der Waals surface area contributed by atoms with Crippen molar-refractivity contribution in [1.29, 1.82) is 0 Å². The van der Waals surface area contributed by atoms with Gasteiger partial charge in [0.2, 0.25) is 11.8 Å². The number of aromatic nitrogens is 4. The molecular formula is C34H20N4O2. The number of nitrogens with zero attached hydrogens (tertiary/aromatic N) is 4. The third-order valence-corrected chi connectivity index (χ3v) is 7.14. The van der Waals surface area contributed by atoms with Gasteiger partial charge in [0.1, 0.15) is 11.0 Å². The molecule has 0 radical (unpaired) electrons. The van der Waals surface area contributed by atoms with Crippen molar-refractivity contribution < 1.29 is 8.83 Å². The highest BCUT2D eigenvalue weighted by atomic mass is 16.4. The van der Waals surface area contributed by atoms with Gasteiger partial charge in [-0.25, -0.2) is 9.97 Å². The molecule has 4 aromatic carbocycles. The highest BCUT2D eigenvalue weighted by molar-refractivity contribution is 6.01. The highest BCUT2D eigenvalue weighted by Gasteiger charge is 2.14. The number of oxazole rings is 2. The molecule has 40 heavy (non-hydrogen) atoms. The fourth-order valence-corrected chi connectivity index (χ4v) is 5.04. The molecule has 0 spiro atoms. The monoisotopic (exact) mass is 516 g/mol. The van der Waals surface area contributed by atoms with Crippen molar-refractivity contribution >= 4 is 33.0 Å². The molecule has 4 heterocycles. The summed E-state index contributed by atoms with van der Waals surface area (Å²) in [6.07, 6.45) is 7.18.